The molecule has 1 fully saturated rings. The molecule has 1 rings (SSSR count). The zero-order valence-electron chi connectivity index (χ0n) is 9.68. The van der Waals surface area contributed by atoms with E-state index in [0.717, 1.165) is 7.11 Å². The molecule has 94 valence electrons. The smallest absolute Gasteiger partial charge is 0.278 e. The Hall–Kier alpha value is -0.790. The molecular formula is C9H16FNO5. The summed E-state index contributed by atoms with van der Waals surface area (Å²) in [5.41, 5.74) is -1.65. The van der Waals surface area contributed by atoms with E-state index in [1.165, 1.54) is 14.0 Å². The number of halogens is 1. The van der Waals surface area contributed by atoms with Crippen LogP contribution in [0.2, 0.25) is 0 Å². The second-order valence-electron chi connectivity index (χ2n) is 3.99. The van der Waals surface area contributed by atoms with Crippen molar-refractivity contribution in [2.75, 3.05) is 14.2 Å². The summed E-state index contributed by atoms with van der Waals surface area (Å²) in [5, 5.41) is 11.1. The molecule has 0 N–H and O–H groups in total. The molecule has 0 bridgehead atoms. The van der Waals surface area contributed by atoms with Gasteiger partial charge >= 0.3 is 0 Å². The van der Waals surface area contributed by atoms with Gasteiger partial charge in [-0.3, -0.25) is 10.1 Å². The maximum Gasteiger partial charge on any atom is 0.278 e. The van der Waals surface area contributed by atoms with Crippen molar-refractivity contribution < 1.29 is 23.5 Å². The maximum atomic E-state index is 13.5. The molecule has 5 atom stereocenters. The number of methoxy groups -OCH3 is 2. The van der Waals surface area contributed by atoms with Gasteiger partial charge < -0.3 is 14.2 Å². The van der Waals surface area contributed by atoms with Gasteiger partial charge in [0.05, 0.1) is 6.10 Å². The van der Waals surface area contributed by atoms with E-state index >= 15 is 0 Å². The highest BCUT2D eigenvalue weighted by atomic mass is 19.1. The molecule has 0 aromatic rings. The van der Waals surface area contributed by atoms with E-state index in [1.54, 1.807) is 6.92 Å². The Balaban J connectivity index is 3.06. The third kappa shape index (κ3) is 1.79. The van der Waals surface area contributed by atoms with Gasteiger partial charge in [0.1, 0.15) is 0 Å². The molecule has 16 heavy (non-hydrogen) atoms. The standard InChI is InChI=1S/C9H16FNO5/c1-5-6(14-3)9(2,11(12)13)7(16-5)8(10)15-4/h5-8H,1-4H3/t5-,6-,7-,8+,9+/m0/s1. The van der Waals surface area contributed by atoms with Crippen molar-refractivity contribution >= 4 is 0 Å². The molecule has 7 heteroatoms. The topological polar surface area (TPSA) is 70.8 Å². The van der Waals surface area contributed by atoms with Gasteiger partial charge in [-0.2, -0.15) is 0 Å². The molecule has 0 amide bonds. The van der Waals surface area contributed by atoms with Crippen LogP contribution in [0.4, 0.5) is 4.39 Å². The Morgan fingerprint density at radius 3 is 2.50 bits per heavy atom. The molecule has 1 aliphatic rings. The number of nitrogens with zero attached hydrogens (tertiary/aromatic N) is 1. The molecule has 0 radical (unpaired) electrons. The lowest BCUT2D eigenvalue weighted by Crippen LogP contribution is -2.55. The van der Waals surface area contributed by atoms with E-state index in [0.29, 0.717) is 0 Å². The molecule has 0 spiro atoms. The SMILES string of the molecule is CO[C@@H](F)[C@@H]1O[C@@H](C)[C@H](OC)[C@@]1(C)[N+](=O)[O-]. The number of hydrogen-bond donors (Lipinski definition) is 0. The number of hydrogen-bond acceptors (Lipinski definition) is 5. The lowest BCUT2D eigenvalue weighted by Gasteiger charge is -2.26. The Bertz CT molecular complexity index is 277. The van der Waals surface area contributed by atoms with Gasteiger partial charge in [0.15, 0.2) is 12.2 Å². The molecule has 6 nitrogen and oxygen atoms in total. The molecule has 0 aliphatic carbocycles. The van der Waals surface area contributed by atoms with Gasteiger partial charge in [0, 0.05) is 26.1 Å². The van der Waals surface area contributed by atoms with Crippen LogP contribution < -0.4 is 0 Å². The van der Waals surface area contributed by atoms with E-state index < -0.39 is 35.1 Å². The fraction of sp³-hybridized carbons (Fsp3) is 1.00. The van der Waals surface area contributed by atoms with Crippen LogP contribution in [0.5, 0.6) is 0 Å². The minimum atomic E-state index is -1.85. The summed E-state index contributed by atoms with van der Waals surface area (Å²) < 4.78 is 28.2. The van der Waals surface area contributed by atoms with Crippen LogP contribution in [0.25, 0.3) is 0 Å². The van der Waals surface area contributed by atoms with Crippen LogP contribution in [-0.4, -0.2) is 49.4 Å². The third-order valence-corrected chi connectivity index (χ3v) is 3.05. The fourth-order valence-corrected chi connectivity index (χ4v) is 2.17. The lowest BCUT2D eigenvalue weighted by molar-refractivity contribution is -0.584. The quantitative estimate of drug-likeness (QED) is 0.533. The molecule has 1 aliphatic heterocycles. The van der Waals surface area contributed by atoms with Gasteiger partial charge in [-0.15, -0.1) is 0 Å². The molecule has 0 aromatic carbocycles. The number of alkyl halides is 1. The summed E-state index contributed by atoms with van der Waals surface area (Å²) in [6.07, 6.45) is -4.48. The molecule has 1 heterocycles. The van der Waals surface area contributed by atoms with Crippen molar-refractivity contribution in [2.24, 2.45) is 0 Å². The molecule has 1 saturated heterocycles. The second-order valence-corrected chi connectivity index (χ2v) is 3.99. The predicted octanol–water partition coefficient (Wildman–Crippen LogP) is 0.766. The number of nitro groups is 1. The summed E-state index contributed by atoms with van der Waals surface area (Å²) >= 11 is 0. The Morgan fingerprint density at radius 1 is 1.56 bits per heavy atom. The lowest BCUT2D eigenvalue weighted by atomic mass is 9.89. The third-order valence-electron chi connectivity index (χ3n) is 3.05. The first-order valence-corrected chi connectivity index (χ1v) is 4.89. The number of rotatable bonds is 4. The summed E-state index contributed by atoms with van der Waals surface area (Å²) in [5.74, 6) is 0. The van der Waals surface area contributed by atoms with Gasteiger partial charge in [0.25, 0.3) is 5.54 Å². The van der Waals surface area contributed by atoms with E-state index in [4.69, 9.17) is 9.47 Å². The predicted molar refractivity (Wildman–Crippen MR) is 52.4 cm³/mol. The van der Waals surface area contributed by atoms with Crippen molar-refractivity contribution in [3.05, 3.63) is 10.1 Å². The summed E-state index contributed by atoms with van der Waals surface area (Å²) in [6.45, 7) is 2.92. The van der Waals surface area contributed by atoms with E-state index in [-0.39, 0.29) is 0 Å². The van der Waals surface area contributed by atoms with E-state index in [2.05, 4.69) is 4.74 Å². The molecular weight excluding hydrogens is 221 g/mol. The maximum absolute atomic E-state index is 13.5. The Morgan fingerprint density at radius 2 is 2.12 bits per heavy atom. The van der Waals surface area contributed by atoms with Gasteiger partial charge in [0.2, 0.25) is 6.36 Å². The molecule has 0 unspecified atom stereocenters. The van der Waals surface area contributed by atoms with Crippen LogP contribution in [0.1, 0.15) is 13.8 Å². The largest absolute Gasteiger partial charge is 0.371 e. The first-order valence-electron chi connectivity index (χ1n) is 4.89. The van der Waals surface area contributed by atoms with Crippen molar-refractivity contribution in [1.29, 1.82) is 0 Å². The van der Waals surface area contributed by atoms with Crippen LogP contribution >= 0.6 is 0 Å². The van der Waals surface area contributed by atoms with Crippen LogP contribution in [-0.2, 0) is 14.2 Å². The summed E-state index contributed by atoms with van der Waals surface area (Å²) in [7, 11) is 2.48. The van der Waals surface area contributed by atoms with Crippen molar-refractivity contribution in [2.45, 2.75) is 44.1 Å². The van der Waals surface area contributed by atoms with Crippen molar-refractivity contribution in [1.82, 2.24) is 0 Å². The van der Waals surface area contributed by atoms with Crippen LogP contribution in [0.3, 0.4) is 0 Å². The average molecular weight is 237 g/mol. The summed E-state index contributed by atoms with van der Waals surface area (Å²) in [4.78, 5) is 10.5. The highest BCUT2D eigenvalue weighted by molar-refractivity contribution is 5.02. The zero-order chi connectivity index (χ0) is 12.5. The molecule has 0 aromatic heterocycles. The normalized spacial score (nSPS) is 40.9. The fourth-order valence-electron chi connectivity index (χ4n) is 2.17. The monoisotopic (exact) mass is 237 g/mol. The molecule has 0 saturated carbocycles. The van der Waals surface area contributed by atoms with E-state index in [9.17, 15) is 14.5 Å². The van der Waals surface area contributed by atoms with Gasteiger partial charge in [-0.25, -0.2) is 4.39 Å². The van der Waals surface area contributed by atoms with Crippen LogP contribution in [0.15, 0.2) is 0 Å². The van der Waals surface area contributed by atoms with Crippen molar-refractivity contribution in [3.63, 3.8) is 0 Å². The van der Waals surface area contributed by atoms with Gasteiger partial charge in [-0.05, 0) is 6.92 Å². The highest BCUT2D eigenvalue weighted by Gasteiger charge is 2.65. The summed E-state index contributed by atoms with van der Waals surface area (Å²) in [6, 6.07) is 0. The first kappa shape index (κ1) is 13.3. The average Bonchev–Trinajstić information content (AvgIpc) is 2.50. The Labute approximate surface area is 92.8 Å². The highest BCUT2D eigenvalue weighted by Crippen LogP contribution is 2.38. The number of ether oxygens (including phenoxy) is 3. The van der Waals surface area contributed by atoms with E-state index in [1.807, 2.05) is 0 Å². The first-order chi connectivity index (χ1) is 7.39. The zero-order valence-corrected chi connectivity index (χ0v) is 9.68. The second kappa shape index (κ2) is 4.60. The Kier molecular flexibility index (Phi) is 3.82. The minimum Gasteiger partial charge on any atom is -0.371 e. The van der Waals surface area contributed by atoms with Gasteiger partial charge in [-0.1, -0.05) is 0 Å². The van der Waals surface area contributed by atoms with Crippen molar-refractivity contribution in [3.8, 4) is 0 Å². The van der Waals surface area contributed by atoms with Crippen LogP contribution in [0, 0.1) is 10.1 Å². The minimum absolute atomic E-state index is 0.557.